The van der Waals surface area contributed by atoms with E-state index in [1.165, 1.54) is 11.1 Å². The summed E-state index contributed by atoms with van der Waals surface area (Å²) in [6, 6.07) is 11.9. The van der Waals surface area contributed by atoms with Gasteiger partial charge in [0, 0.05) is 79.4 Å². The summed E-state index contributed by atoms with van der Waals surface area (Å²) < 4.78 is 56.6. The second-order valence-corrected chi connectivity index (χ2v) is 19.0. The predicted octanol–water partition coefficient (Wildman–Crippen LogP) is 8.77. The number of nitrogens with two attached hydrogens (primary N) is 1. The van der Waals surface area contributed by atoms with Crippen LogP contribution in [0.15, 0.2) is 46.2 Å². The number of hydrogen-bond acceptors (Lipinski definition) is 7. The van der Waals surface area contributed by atoms with Crippen LogP contribution < -0.4 is 10.5 Å². The summed E-state index contributed by atoms with van der Waals surface area (Å²) in [5, 5.41) is 0. The summed E-state index contributed by atoms with van der Waals surface area (Å²) in [5.74, 6) is -0.433. The van der Waals surface area contributed by atoms with Crippen LogP contribution in [0.5, 0.6) is 0 Å². The van der Waals surface area contributed by atoms with Crippen molar-refractivity contribution >= 4 is 52.9 Å². The summed E-state index contributed by atoms with van der Waals surface area (Å²) in [4.78, 5) is 29.1. The molecule has 15 heteroatoms. The van der Waals surface area contributed by atoms with Crippen molar-refractivity contribution in [2.45, 2.75) is 119 Å². The zero-order chi connectivity index (χ0) is 42.6. The number of likely N-dealkylation sites (tertiary alicyclic amines) is 2. The molecule has 3 N–H and O–H groups in total. The molecule has 0 saturated carbocycles. The summed E-state index contributed by atoms with van der Waals surface area (Å²) in [7, 11) is 1.17. The first-order valence-corrected chi connectivity index (χ1v) is 23.3. The first-order valence-electron chi connectivity index (χ1n) is 19.5. The van der Waals surface area contributed by atoms with Crippen LogP contribution in [0.4, 0.5) is 11.4 Å². The molecule has 59 heavy (non-hydrogen) atoms. The summed E-state index contributed by atoms with van der Waals surface area (Å²) in [6.07, 6.45) is 5.57. The van der Waals surface area contributed by atoms with Gasteiger partial charge in [-0.15, -0.1) is 0 Å². The Morgan fingerprint density at radius 3 is 1.44 bits per heavy atom. The molecule has 2 amide bonds. The number of aryl methyl sites for hydroxylation is 4. The number of anilines is 2. The van der Waals surface area contributed by atoms with E-state index in [-0.39, 0.29) is 42.0 Å². The minimum Gasteiger partial charge on any atom is -0.398 e. The molecule has 4 heterocycles. The molecule has 2 aromatic carbocycles. The van der Waals surface area contributed by atoms with Crippen LogP contribution in [-0.2, 0) is 46.0 Å². The molecule has 2 aromatic heterocycles. The van der Waals surface area contributed by atoms with Crippen LogP contribution in [-0.4, -0.2) is 73.8 Å². The van der Waals surface area contributed by atoms with Crippen molar-refractivity contribution in [3.8, 4) is 0 Å². The summed E-state index contributed by atoms with van der Waals surface area (Å²) in [6.45, 7) is 17.7. The quantitative estimate of drug-likeness (QED) is 0.132. The highest BCUT2D eigenvalue weighted by Gasteiger charge is 2.35. The van der Waals surface area contributed by atoms with Crippen molar-refractivity contribution in [2.24, 2.45) is 14.1 Å². The van der Waals surface area contributed by atoms with E-state index in [2.05, 4.69) is 17.7 Å². The van der Waals surface area contributed by atoms with Gasteiger partial charge in [0.25, 0.3) is 30.9 Å². The number of nitrogens with one attached hydrogen (secondary N) is 1. The molecule has 2 saturated heterocycles. The van der Waals surface area contributed by atoms with Crippen molar-refractivity contribution < 1.29 is 26.4 Å². The van der Waals surface area contributed by atoms with Crippen LogP contribution in [0.3, 0.4) is 0 Å². The standard InChI is InChI=1S/C21H29N3O3S.C12H17ClN2O3S.C9H13N.2CH4/c1-6-17-11-9-10-14(2)19(17)22-28(26,27)20-16(4)23(5)15(3)18(20)21(25)24-12-7-8-13-24;1-8-10(12(16)15-6-4-5-7-15)11(19(13,17)18)9(2)14(8)3;1-3-8-6-4-5-7(2)9(8)10;;/h9-11,22H,6-8,12-13H2,1-5H3;4-7H2,1-3H3;4-6H,3,10H2,1-2H3;2*1H4. The second-order valence-electron chi connectivity index (χ2n) is 14.9. The average Bonchev–Trinajstić information content (AvgIpc) is 3.98. The molecule has 0 bridgehead atoms. The molecule has 0 unspecified atom stereocenters. The smallest absolute Gasteiger partial charge is 0.264 e. The van der Waals surface area contributed by atoms with Crippen LogP contribution in [0.25, 0.3) is 0 Å². The highest BCUT2D eigenvalue weighted by atomic mass is 35.7. The number of hydrogen-bond donors (Lipinski definition) is 2. The molecular formula is C44H67ClN6O6S2. The van der Waals surface area contributed by atoms with Crippen LogP contribution in [0.1, 0.15) is 120 Å². The second kappa shape index (κ2) is 20.8. The highest BCUT2D eigenvalue weighted by Crippen LogP contribution is 2.33. The SMILES string of the molecule is C.C.CCc1cccc(C)c1N.CCc1cccc(C)c1NS(=O)(=O)c1c(C(=O)N2CCCC2)c(C)n(C)c1C.Cc1c(C(=O)N2CCCC2)c(S(=O)(=O)Cl)c(C)n1C. The number of rotatable bonds is 8. The van der Waals surface area contributed by atoms with E-state index >= 15 is 0 Å². The maximum Gasteiger partial charge on any atom is 0.264 e. The van der Waals surface area contributed by atoms with Crippen molar-refractivity contribution in [1.82, 2.24) is 18.9 Å². The molecule has 2 aliphatic heterocycles. The number of amides is 2. The molecule has 2 fully saturated rings. The monoisotopic (exact) mass is 874 g/mol. The van der Waals surface area contributed by atoms with Gasteiger partial charge in [-0.25, -0.2) is 16.8 Å². The zero-order valence-electron chi connectivity index (χ0n) is 35.0. The number of para-hydroxylation sites is 2. The zero-order valence-corrected chi connectivity index (χ0v) is 37.4. The topological polar surface area (TPSA) is 157 Å². The molecule has 4 aromatic rings. The van der Waals surface area contributed by atoms with Crippen molar-refractivity contribution in [2.75, 3.05) is 36.6 Å². The molecule has 328 valence electrons. The summed E-state index contributed by atoms with van der Waals surface area (Å²) >= 11 is 0. The van der Waals surface area contributed by atoms with E-state index in [4.69, 9.17) is 16.4 Å². The van der Waals surface area contributed by atoms with Gasteiger partial charge in [0.2, 0.25) is 0 Å². The molecule has 0 atom stereocenters. The van der Waals surface area contributed by atoms with Crippen LogP contribution in [0, 0.1) is 41.5 Å². The van der Waals surface area contributed by atoms with Crippen molar-refractivity contribution in [1.29, 1.82) is 0 Å². The van der Waals surface area contributed by atoms with E-state index in [0.29, 0.717) is 66.6 Å². The van der Waals surface area contributed by atoms with E-state index in [1.54, 1.807) is 60.7 Å². The molecule has 6 rings (SSSR count). The first kappa shape index (κ1) is 50.9. The number of carbonyl (C=O) groups is 2. The fraction of sp³-hybridized carbons (Fsp3) is 0.500. The molecule has 0 spiro atoms. The normalized spacial score (nSPS) is 13.7. The number of halogens is 1. The van der Waals surface area contributed by atoms with Gasteiger partial charge in [-0.1, -0.05) is 65.1 Å². The van der Waals surface area contributed by atoms with E-state index in [9.17, 15) is 26.4 Å². The van der Waals surface area contributed by atoms with E-state index in [1.807, 2.05) is 51.1 Å². The largest absolute Gasteiger partial charge is 0.398 e. The fourth-order valence-electron chi connectivity index (χ4n) is 7.53. The van der Waals surface area contributed by atoms with Crippen LogP contribution in [0.2, 0.25) is 0 Å². The Bertz CT molecular complexity index is 2350. The van der Waals surface area contributed by atoms with Crippen LogP contribution >= 0.6 is 10.7 Å². The average molecular weight is 876 g/mol. The number of nitrogens with zero attached hydrogens (tertiary/aromatic N) is 4. The van der Waals surface area contributed by atoms with Gasteiger partial charge in [0.05, 0.1) is 16.8 Å². The maximum atomic E-state index is 13.5. The van der Waals surface area contributed by atoms with Gasteiger partial charge in [0.1, 0.15) is 9.79 Å². The molecule has 0 radical (unpaired) electrons. The molecule has 0 aliphatic carbocycles. The Kier molecular flexibility index (Phi) is 17.9. The Morgan fingerprint density at radius 1 is 0.644 bits per heavy atom. The Hall–Kier alpha value is -4.27. The Balaban J connectivity index is 0.000000334. The third-order valence-electron chi connectivity index (χ3n) is 11.3. The number of sulfonamides is 1. The summed E-state index contributed by atoms with van der Waals surface area (Å²) in [5.41, 5.74) is 14.5. The lowest BCUT2D eigenvalue weighted by molar-refractivity contribution is 0.0781. The lowest BCUT2D eigenvalue weighted by Gasteiger charge is -2.18. The highest BCUT2D eigenvalue weighted by molar-refractivity contribution is 8.13. The van der Waals surface area contributed by atoms with E-state index in [0.717, 1.165) is 48.9 Å². The number of benzene rings is 2. The van der Waals surface area contributed by atoms with Gasteiger partial charge in [-0.3, -0.25) is 14.3 Å². The minimum absolute atomic E-state index is 0. The third-order valence-corrected chi connectivity index (χ3v) is 14.3. The van der Waals surface area contributed by atoms with E-state index < -0.39 is 19.1 Å². The first-order chi connectivity index (χ1) is 26.7. The Morgan fingerprint density at radius 2 is 1.03 bits per heavy atom. The molecule has 2 aliphatic rings. The predicted molar refractivity (Wildman–Crippen MR) is 243 cm³/mol. The molecule has 12 nitrogen and oxygen atoms in total. The van der Waals surface area contributed by atoms with Crippen molar-refractivity contribution in [3.05, 3.63) is 92.6 Å². The van der Waals surface area contributed by atoms with Gasteiger partial charge in [-0.05, 0) is 102 Å². The minimum atomic E-state index is -3.94. The van der Waals surface area contributed by atoms with Gasteiger partial charge in [-0.2, -0.15) is 0 Å². The maximum absolute atomic E-state index is 13.5. The number of carbonyl (C=O) groups excluding carboxylic acids is 2. The van der Waals surface area contributed by atoms with Gasteiger partial charge < -0.3 is 24.7 Å². The Labute approximate surface area is 358 Å². The molecular weight excluding hydrogens is 808 g/mol. The number of nitrogen functional groups attached to an aromatic ring is 1. The van der Waals surface area contributed by atoms with Crippen molar-refractivity contribution in [3.63, 3.8) is 0 Å². The lowest BCUT2D eigenvalue weighted by Crippen LogP contribution is -2.30. The van der Waals surface area contributed by atoms with Gasteiger partial charge >= 0.3 is 0 Å². The fourth-order valence-corrected chi connectivity index (χ4v) is 10.8. The number of aromatic nitrogens is 2. The third kappa shape index (κ3) is 10.9. The lowest BCUT2D eigenvalue weighted by atomic mass is 10.1. The van der Waals surface area contributed by atoms with Gasteiger partial charge in [0.15, 0.2) is 0 Å².